The lowest BCUT2D eigenvalue weighted by atomic mass is 9.68. The first-order valence-electron chi connectivity index (χ1n) is 18.8. The normalized spacial score (nSPS) is 22.1. The Bertz CT molecular complexity index is 1030. The van der Waals surface area contributed by atoms with Crippen LogP contribution in [0.3, 0.4) is 0 Å². The zero-order chi connectivity index (χ0) is 30.8. The van der Waals surface area contributed by atoms with E-state index in [0.29, 0.717) is 5.75 Å². The Hall–Kier alpha value is -2.23. The molecule has 4 heteroatoms. The van der Waals surface area contributed by atoms with E-state index in [0.717, 1.165) is 48.4 Å². The zero-order valence-corrected chi connectivity index (χ0v) is 28.2. The number of nitrogens with zero attached hydrogens (tertiary/aromatic N) is 2. The molecule has 0 radical (unpaired) electrons. The second-order valence-corrected chi connectivity index (χ2v) is 14.2. The van der Waals surface area contributed by atoms with E-state index >= 15 is 0 Å². The van der Waals surface area contributed by atoms with Crippen LogP contribution >= 0.6 is 0 Å². The maximum atomic E-state index is 13.0. The summed E-state index contributed by atoms with van der Waals surface area (Å²) in [4.78, 5) is 22.2. The number of benzene rings is 1. The van der Waals surface area contributed by atoms with Crippen LogP contribution in [-0.2, 0) is 11.2 Å². The first kappa shape index (κ1) is 34.6. The summed E-state index contributed by atoms with van der Waals surface area (Å²) in [5.74, 6) is 4.01. The Morgan fingerprint density at radius 2 is 1.18 bits per heavy atom. The van der Waals surface area contributed by atoms with Gasteiger partial charge in [0.2, 0.25) is 0 Å². The lowest BCUT2D eigenvalue weighted by molar-refractivity contribution is -0.140. The highest BCUT2D eigenvalue weighted by Crippen LogP contribution is 2.42. The predicted molar refractivity (Wildman–Crippen MR) is 184 cm³/mol. The molecule has 0 unspecified atom stereocenters. The van der Waals surface area contributed by atoms with Crippen LogP contribution in [-0.4, -0.2) is 15.9 Å². The van der Waals surface area contributed by atoms with E-state index in [1.165, 1.54) is 134 Å². The molecule has 0 aliphatic heterocycles. The van der Waals surface area contributed by atoms with E-state index in [1.807, 2.05) is 36.7 Å². The molecule has 4 nitrogen and oxygen atoms in total. The van der Waals surface area contributed by atoms with Crippen LogP contribution in [0.1, 0.15) is 161 Å². The predicted octanol–water partition coefficient (Wildman–Crippen LogP) is 11.7. The average molecular weight is 603 g/mol. The molecule has 4 rings (SSSR count). The van der Waals surface area contributed by atoms with Crippen molar-refractivity contribution in [3.8, 4) is 17.1 Å². The van der Waals surface area contributed by atoms with Crippen molar-refractivity contribution in [1.29, 1.82) is 0 Å². The lowest BCUT2D eigenvalue weighted by Gasteiger charge is -2.37. The Kier molecular flexibility index (Phi) is 15.8. The second-order valence-electron chi connectivity index (χ2n) is 14.2. The second kappa shape index (κ2) is 20.0. The van der Waals surface area contributed by atoms with Gasteiger partial charge in [-0.15, -0.1) is 0 Å². The molecule has 0 bridgehead atoms. The highest BCUT2D eigenvalue weighted by molar-refractivity contribution is 5.75. The van der Waals surface area contributed by atoms with Crippen molar-refractivity contribution in [3.63, 3.8) is 0 Å². The third kappa shape index (κ3) is 11.9. The van der Waals surface area contributed by atoms with Gasteiger partial charge in [-0.25, -0.2) is 9.97 Å². The minimum Gasteiger partial charge on any atom is -0.426 e. The molecule has 1 aromatic heterocycles. The number of esters is 1. The highest BCUT2D eigenvalue weighted by Gasteiger charge is 2.33. The molecule has 0 N–H and O–H groups in total. The molecule has 44 heavy (non-hydrogen) atoms. The number of unbranched alkanes of at least 4 members (excludes halogenated alkanes) is 11. The third-order valence-corrected chi connectivity index (χ3v) is 10.7. The van der Waals surface area contributed by atoms with Crippen molar-refractivity contribution >= 4 is 5.97 Å². The molecule has 1 aromatic carbocycles. The zero-order valence-electron chi connectivity index (χ0n) is 28.2. The van der Waals surface area contributed by atoms with Crippen molar-refractivity contribution in [2.45, 2.75) is 162 Å². The molecule has 2 aliphatic rings. The third-order valence-electron chi connectivity index (χ3n) is 10.7. The molecule has 2 aromatic rings. The number of rotatable bonds is 19. The molecule has 0 spiro atoms. The van der Waals surface area contributed by atoms with Crippen LogP contribution in [0, 0.1) is 23.7 Å². The van der Waals surface area contributed by atoms with E-state index in [9.17, 15) is 4.79 Å². The number of aromatic nitrogens is 2. The smallest absolute Gasteiger partial charge is 0.314 e. The molecule has 1 heterocycles. The number of carbonyl (C=O) groups excluding carboxylic acids is 1. The first-order valence-corrected chi connectivity index (χ1v) is 18.8. The Morgan fingerprint density at radius 1 is 0.659 bits per heavy atom. The highest BCUT2D eigenvalue weighted by atomic mass is 16.5. The van der Waals surface area contributed by atoms with Crippen molar-refractivity contribution in [3.05, 3.63) is 42.2 Å². The average Bonchev–Trinajstić information content (AvgIpc) is 3.07. The van der Waals surface area contributed by atoms with Gasteiger partial charge < -0.3 is 4.74 Å². The monoisotopic (exact) mass is 602 g/mol. The number of hydrogen-bond donors (Lipinski definition) is 0. The van der Waals surface area contributed by atoms with Gasteiger partial charge in [-0.2, -0.15) is 0 Å². The molecular formula is C40H62N2O2. The van der Waals surface area contributed by atoms with Gasteiger partial charge in [-0.3, -0.25) is 4.79 Å². The Labute approximate surface area is 269 Å². The van der Waals surface area contributed by atoms with Crippen LogP contribution < -0.4 is 4.74 Å². The molecular weight excluding hydrogens is 540 g/mol. The van der Waals surface area contributed by atoms with Gasteiger partial charge in [0.15, 0.2) is 5.82 Å². The van der Waals surface area contributed by atoms with Gasteiger partial charge in [0, 0.05) is 18.0 Å². The van der Waals surface area contributed by atoms with Gasteiger partial charge >= 0.3 is 5.97 Å². The molecule has 2 saturated carbocycles. The summed E-state index contributed by atoms with van der Waals surface area (Å²) >= 11 is 0. The summed E-state index contributed by atoms with van der Waals surface area (Å²) in [6.45, 7) is 4.54. The molecule has 2 fully saturated rings. The summed E-state index contributed by atoms with van der Waals surface area (Å²) < 4.78 is 5.83. The maximum Gasteiger partial charge on any atom is 0.314 e. The summed E-state index contributed by atoms with van der Waals surface area (Å²) in [6.07, 6.45) is 34.3. The van der Waals surface area contributed by atoms with E-state index in [-0.39, 0.29) is 11.9 Å². The molecule has 244 valence electrons. The topological polar surface area (TPSA) is 52.1 Å². The largest absolute Gasteiger partial charge is 0.426 e. The standard InChI is InChI=1S/C40H62N2O2/c1-3-5-7-9-10-11-13-14-16-32-18-20-34(21-19-32)35-22-24-37(25-23-35)40(43)44-38-28-26-36(27-29-38)39-41-30-33(31-42-39)17-15-12-8-6-4-2/h26-32,34-35,37H,3-25H2,1-2H3/t32-,34-,35-,37-. The van der Waals surface area contributed by atoms with Gasteiger partial charge in [-0.1, -0.05) is 110 Å². The van der Waals surface area contributed by atoms with Crippen LogP contribution in [0.5, 0.6) is 5.75 Å². The summed E-state index contributed by atoms with van der Waals surface area (Å²) in [5.41, 5.74) is 2.15. The molecule has 2 aliphatic carbocycles. The first-order chi connectivity index (χ1) is 21.7. The minimum absolute atomic E-state index is 0.0436. The van der Waals surface area contributed by atoms with Crippen molar-refractivity contribution in [1.82, 2.24) is 9.97 Å². The quantitative estimate of drug-likeness (QED) is 0.0911. The Morgan fingerprint density at radius 3 is 1.77 bits per heavy atom. The van der Waals surface area contributed by atoms with Gasteiger partial charge in [0.1, 0.15) is 5.75 Å². The van der Waals surface area contributed by atoms with Crippen LogP contribution in [0.2, 0.25) is 0 Å². The van der Waals surface area contributed by atoms with E-state index < -0.39 is 0 Å². The maximum absolute atomic E-state index is 13.0. The molecule has 0 amide bonds. The van der Waals surface area contributed by atoms with Crippen LogP contribution in [0.25, 0.3) is 11.4 Å². The van der Waals surface area contributed by atoms with Crippen molar-refractivity contribution in [2.75, 3.05) is 0 Å². The van der Waals surface area contributed by atoms with Gasteiger partial charge in [-0.05, 0) is 98.9 Å². The summed E-state index contributed by atoms with van der Waals surface area (Å²) in [5, 5.41) is 0. The van der Waals surface area contributed by atoms with E-state index in [4.69, 9.17) is 4.74 Å². The van der Waals surface area contributed by atoms with Gasteiger partial charge in [0.05, 0.1) is 5.92 Å². The van der Waals surface area contributed by atoms with Crippen molar-refractivity contribution in [2.24, 2.45) is 23.7 Å². The van der Waals surface area contributed by atoms with Crippen LogP contribution in [0.4, 0.5) is 0 Å². The van der Waals surface area contributed by atoms with Crippen LogP contribution in [0.15, 0.2) is 36.7 Å². The van der Waals surface area contributed by atoms with E-state index in [2.05, 4.69) is 23.8 Å². The fraction of sp³-hybridized carbons (Fsp3) is 0.725. The number of carbonyl (C=O) groups is 1. The number of hydrogen-bond acceptors (Lipinski definition) is 4. The van der Waals surface area contributed by atoms with E-state index in [1.54, 1.807) is 0 Å². The minimum atomic E-state index is -0.0511. The Balaban J connectivity index is 1.09. The van der Waals surface area contributed by atoms with Crippen molar-refractivity contribution < 1.29 is 9.53 Å². The number of aryl methyl sites for hydroxylation is 1. The summed E-state index contributed by atoms with van der Waals surface area (Å²) in [7, 11) is 0. The lowest BCUT2D eigenvalue weighted by Crippen LogP contribution is -2.30. The number of ether oxygens (including phenoxy) is 1. The van der Waals surface area contributed by atoms with Gasteiger partial charge in [0.25, 0.3) is 0 Å². The fourth-order valence-electron chi connectivity index (χ4n) is 7.78. The molecule has 0 saturated heterocycles. The fourth-order valence-corrected chi connectivity index (χ4v) is 7.78. The molecule has 0 atom stereocenters. The SMILES string of the molecule is CCCCCCCCCC[C@H]1CC[C@H]([C@H]2CC[C@H](C(=O)Oc3ccc(-c4ncc(CCCCCCC)cn4)cc3)CC2)CC1. The summed E-state index contributed by atoms with van der Waals surface area (Å²) in [6, 6.07) is 7.69.